The van der Waals surface area contributed by atoms with Crippen molar-refractivity contribution in [2.24, 2.45) is 0 Å². The number of hydrogen-bond donors (Lipinski definition) is 0. The Morgan fingerprint density at radius 1 is 0.931 bits per heavy atom. The smallest absolute Gasteiger partial charge is 0.345 e. The van der Waals surface area contributed by atoms with Crippen molar-refractivity contribution in [2.45, 2.75) is 11.8 Å². The van der Waals surface area contributed by atoms with Crippen LogP contribution in [-0.2, 0) is 29.2 Å². The minimum atomic E-state index is -4.07. The predicted molar refractivity (Wildman–Crippen MR) is 113 cm³/mol. The molecule has 0 heterocycles. The van der Waals surface area contributed by atoms with Crippen LogP contribution in [0.5, 0.6) is 5.75 Å². The fraction of sp³-hybridized carbons (Fsp3) is 0.158. The fourth-order valence-electron chi connectivity index (χ4n) is 2.19. The van der Waals surface area contributed by atoms with Gasteiger partial charge < -0.3 is 13.7 Å². The Bertz CT molecular complexity index is 1030. The van der Waals surface area contributed by atoms with Gasteiger partial charge in [0.15, 0.2) is 5.75 Å². The number of carbonyl (C=O) groups excluding carboxylic acids is 2. The van der Waals surface area contributed by atoms with Crippen LogP contribution in [0.4, 0.5) is 0 Å². The van der Waals surface area contributed by atoms with Crippen LogP contribution in [0.25, 0.3) is 6.08 Å². The second-order valence-corrected chi connectivity index (χ2v) is 8.96. The summed E-state index contributed by atoms with van der Waals surface area (Å²) in [4.78, 5) is 23.6. The van der Waals surface area contributed by atoms with Gasteiger partial charge in [-0.15, -0.1) is 0 Å². The molecule has 154 valence electrons. The van der Waals surface area contributed by atoms with E-state index >= 15 is 0 Å². The molecule has 0 spiro atoms. The number of esters is 2. The summed E-state index contributed by atoms with van der Waals surface area (Å²) in [6.45, 7) is 1.84. The summed E-state index contributed by atoms with van der Waals surface area (Å²) < 4.78 is 40.1. The molecular formula is C19H16Br2O7S. The summed E-state index contributed by atoms with van der Waals surface area (Å²) in [5, 5.41) is 0. The molecule has 0 aliphatic carbocycles. The highest BCUT2D eigenvalue weighted by molar-refractivity contribution is 9.11. The molecular weight excluding hydrogens is 532 g/mol. The van der Waals surface area contributed by atoms with E-state index in [0.29, 0.717) is 5.56 Å². The molecule has 0 N–H and O–H groups in total. The van der Waals surface area contributed by atoms with Crippen LogP contribution in [0.3, 0.4) is 0 Å². The molecule has 0 aliphatic rings. The maximum absolute atomic E-state index is 12.5. The third-order valence-corrected chi connectivity index (χ3v) is 6.06. The summed E-state index contributed by atoms with van der Waals surface area (Å²) in [6.07, 6.45) is 1.26. The van der Waals surface area contributed by atoms with Gasteiger partial charge in [0.05, 0.1) is 23.2 Å². The lowest BCUT2D eigenvalue weighted by atomic mass is 10.1. The number of ether oxygens (including phenoxy) is 2. The van der Waals surface area contributed by atoms with Crippen LogP contribution >= 0.6 is 31.9 Å². The summed E-state index contributed by atoms with van der Waals surface area (Å²) in [5.41, 5.74) is 0.985. The zero-order chi connectivity index (χ0) is 21.8. The molecule has 7 nitrogen and oxygen atoms in total. The lowest BCUT2D eigenvalue weighted by molar-refractivity contribution is -0.143. The molecule has 2 rings (SSSR count). The molecule has 0 saturated carbocycles. The van der Waals surface area contributed by atoms with Gasteiger partial charge in [-0.25, -0.2) is 9.59 Å². The van der Waals surface area contributed by atoms with E-state index in [9.17, 15) is 18.0 Å². The van der Waals surface area contributed by atoms with Crippen molar-refractivity contribution in [3.8, 4) is 5.75 Å². The van der Waals surface area contributed by atoms with Crippen molar-refractivity contribution in [3.05, 3.63) is 62.0 Å². The van der Waals surface area contributed by atoms with E-state index < -0.39 is 22.1 Å². The van der Waals surface area contributed by atoms with Gasteiger partial charge in [-0.05, 0) is 74.7 Å². The van der Waals surface area contributed by atoms with E-state index in [4.69, 9.17) is 4.18 Å². The molecule has 0 aliphatic heterocycles. The number of rotatable bonds is 6. The third kappa shape index (κ3) is 5.68. The molecule has 2 aromatic rings. The fourth-order valence-corrected chi connectivity index (χ4v) is 4.76. The summed E-state index contributed by atoms with van der Waals surface area (Å²) in [5.74, 6) is -1.72. The van der Waals surface area contributed by atoms with E-state index in [-0.39, 0.29) is 25.2 Å². The average Bonchev–Trinajstić information content (AvgIpc) is 2.68. The second kappa shape index (κ2) is 9.55. The molecule has 29 heavy (non-hydrogen) atoms. The Morgan fingerprint density at radius 3 is 1.86 bits per heavy atom. The Morgan fingerprint density at radius 2 is 1.41 bits per heavy atom. The SMILES string of the molecule is COC(=O)C(=Cc1cc(Br)c(OS(=O)(=O)c2ccc(C)cc2)c(Br)c1)C(=O)OC. The van der Waals surface area contributed by atoms with Gasteiger partial charge in [0.1, 0.15) is 10.5 Å². The van der Waals surface area contributed by atoms with Gasteiger partial charge in [0.25, 0.3) is 0 Å². The first-order valence-electron chi connectivity index (χ1n) is 7.97. The average molecular weight is 548 g/mol. The van der Waals surface area contributed by atoms with Gasteiger partial charge in [0, 0.05) is 0 Å². The summed E-state index contributed by atoms with van der Waals surface area (Å²) >= 11 is 6.50. The minimum Gasteiger partial charge on any atom is -0.465 e. The lowest BCUT2D eigenvalue weighted by Crippen LogP contribution is -2.15. The number of benzene rings is 2. The molecule has 0 bridgehead atoms. The number of carbonyl (C=O) groups is 2. The van der Waals surface area contributed by atoms with E-state index in [1.165, 1.54) is 30.3 Å². The number of hydrogen-bond acceptors (Lipinski definition) is 7. The van der Waals surface area contributed by atoms with E-state index in [0.717, 1.165) is 19.8 Å². The highest BCUT2D eigenvalue weighted by atomic mass is 79.9. The van der Waals surface area contributed by atoms with Crippen LogP contribution in [0.15, 0.2) is 55.8 Å². The Labute approximate surface area is 185 Å². The second-order valence-electron chi connectivity index (χ2n) is 5.71. The van der Waals surface area contributed by atoms with Gasteiger partial charge in [-0.3, -0.25) is 0 Å². The van der Waals surface area contributed by atoms with Crippen molar-refractivity contribution < 1.29 is 31.7 Å². The van der Waals surface area contributed by atoms with Crippen LogP contribution in [-0.4, -0.2) is 34.6 Å². The van der Waals surface area contributed by atoms with E-state index in [2.05, 4.69) is 41.3 Å². The maximum Gasteiger partial charge on any atom is 0.345 e. The van der Waals surface area contributed by atoms with Gasteiger partial charge in [-0.1, -0.05) is 17.7 Å². The Balaban J connectivity index is 2.43. The number of aryl methyl sites for hydroxylation is 1. The van der Waals surface area contributed by atoms with Gasteiger partial charge >= 0.3 is 22.1 Å². The topological polar surface area (TPSA) is 96.0 Å². The van der Waals surface area contributed by atoms with E-state index in [1.807, 2.05) is 6.92 Å². The third-order valence-electron chi connectivity index (χ3n) is 3.64. The summed E-state index contributed by atoms with van der Waals surface area (Å²) in [6, 6.07) is 9.18. The minimum absolute atomic E-state index is 0.00420. The molecule has 0 aromatic heterocycles. The standard InChI is InChI=1S/C19H16Br2O7S/c1-11-4-6-13(7-5-11)29(24,25)28-17-15(20)9-12(10-16(17)21)8-14(18(22)26-2)19(23)27-3/h4-10H,1-3H3. The quantitative estimate of drug-likeness (QED) is 0.177. The first kappa shape index (κ1) is 23.1. The van der Waals surface area contributed by atoms with Gasteiger partial charge in [-0.2, -0.15) is 8.42 Å². The van der Waals surface area contributed by atoms with Crippen LogP contribution < -0.4 is 4.18 Å². The van der Waals surface area contributed by atoms with Crippen LogP contribution in [0.1, 0.15) is 11.1 Å². The molecule has 2 aromatic carbocycles. The molecule has 10 heteroatoms. The molecule has 0 unspecified atom stereocenters. The predicted octanol–water partition coefficient (Wildman–Crippen LogP) is 4.02. The van der Waals surface area contributed by atoms with Gasteiger partial charge in [0.2, 0.25) is 0 Å². The van der Waals surface area contributed by atoms with Crippen molar-refractivity contribution in [2.75, 3.05) is 14.2 Å². The van der Waals surface area contributed by atoms with Crippen molar-refractivity contribution >= 4 is 60.0 Å². The molecule has 0 saturated heterocycles. The van der Waals surface area contributed by atoms with Crippen molar-refractivity contribution in [3.63, 3.8) is 0 Å². The van der Waals surface area contributed by atoms with Crippen LogP contribution in [0, 0.1) is 6.92 Å². The first-order valence-corrected chi connectivity index (χ1v) is 11.0. The largest absolute Gasteiger partial charge is 0.465 e. The Kier molecular flexibility index (Phi) is 7.61. The van der Waals surface area contributed by atoms with Crippen LogP contribution in [0.2, 0.25) is 0 Å². The Hall–Kier alpha value is -2.17. The number of halogens is 2. The zero-order valence-electron chi connectivity index (χ0n) is 15.6. The molecule has 0 radical (unpaired) electrons. The highest BCUT2D eigenvalue weighted by Gasteiger charge is 2.22. The monoisotopic (exact) mass is 546 g/mol. The van der Waals surface area contributed by atoms with Crippen molar-refractivity contribution in [1.82, 2.24) is 0 Å². The highest BCUT2D eigenvalue weighted by Crippen LogP contribution is 2.37. The maximum atomic E-state index is 12.5. The zero-order valence-corrected chi connectivity index (χ0v) is 19.6. The molecule has 0 amide bonds. The van der Waals surface area contributed by atoms with Crippen molar-refractivity contribution in [1.29, 1.82) is 0 Å². The molecule has 0 fully saturated rings. The van der Waals surface area contributed by atoms with E-state index in [1.54, 1.807) is 12.1 Å². The summed E-state index contributed by atoms with van der Waals surface area (Å²) in [7, 11) is -1.80. The normalized spacial score (nSPS) is 10.8. The first-order chi connectivity index (χ1) is 13.6. The number of methoxy groups -OCH3 is 2. The molecule has 0 atom stereocenters. The lowest BCUT2D eigenvalue weighted by Gasteiger charge is -2.12.